The predicted octanol–water partition coefficient (Wildman–Crippen LogP) is 3.85. The molecule has 0 fully saturated rings. The Morgan fingerprint density at radius 1 is 1.26 bits per heavy atom. The van der Waals surface area contributed by atoms with Crippen molar-refractivity contribution in [2.45, 2.75) is 20.8 Å². The number of pyridine rings is 1. The van der Waals surface area contributed by atoms with Crippen LogP contribution >= 0.6 is 20.8 Å². The minimum Gasteiger partial charge on any atom is -0.507 e. The van der Waals surface area contributed by atoms with E-state index in [9.17, 15) is 5.11 Å². The van der Waals surface area contributed by atoms with Gasteiger partial charge < -0.3 is 5.11 Å². The maximum atomic E-state index is 10.1. The second kappa shape index (κ2) is 9.39. The molecule has 0 amide bonds. The summed E-state index contributed by atoms with van der Waals surface area (Å²) in [7, 11) is 4.10. The number of nitrogens with zero attached hydrogens (tertiary/aromatic N) is 3. The molecule has 1 N–H and O–H groups in total. The van der Waals surface area contributed by atoms with Gasteiger partial charge >= 0.3 is 0 Å². The first-order chi connectivity index (χ1) is 11.0. The largest absolute Gasteiger partial charge is 0.507 e. The standard InChI is InChI=1S/C15H15ClN3OP.C2H6/c1-9(11-7-10(16)8-13(21)14(11)20)19-15(17-2)12-5-3-4-6-18-12;1-2/h3-8,20H,21H2,1-2H3;1-2H3. The number of aromatic nitrogens is 1. The fraction of sp³-hybridized carbons (Fsp3) is 0.235. The molecule has 0 aliphatic rings. The van der Waals surface area contributed by atoms with Crippen LogP contribution < -0.4 is 5.30 Å². The van der Waals surface area contributed by atoms with Crippen LogP contribution in [0, 0.1) is 0 Å². The van der Waals surface area contributed by atoms with Gasteiger partial charge in [0, 0.05) is 29.1 Å². The van der Waals surface area contributed by atoms with Crippen LogP contribution in [0.3, 0.4) is 0 Å². The Hall–Kier alpha value is -1.77. The van der Waals surface area contributed by atoms with Gasteiger partial charge in [0.2, 0.25) is 0 Å². The molecule has 6 heteroatoms. The average molecular weight is 350 g/mol. The van der Waals surface area contributed by atoms with Gasteiger partial charge in [0.05, 0.1) is 5.71 Å². The first kappa shape index (κ1) is 19.3. The topological polar surface area (TPSA) is 57.8 Å². The van der Waals surface area contributed by atoms with E-state index >= 15 is 0 Å². The fourth-order valence-electron chi connectivity index (χ4n) is 1.83. The lowest BCUT2D eigenvalue weighted by atomic mass is 10.1. The van der Waals surface area contributed by atoms with Crippen LogP contribution in [0.1, 0.15) is 32.0 Å². The maximum Gasteiger partial charge on any atom is 0.173 e. The zero-order chi connectivity index (χ0) is 17.4. The zero-order valence-corrected chi connectivity index (χ0v) is 15.6. The van der Waals surface area contributed by atoms with E-state index in [1.165, 1.54) is 0 Å². The molecule has 0 aliphatic heterocycles. The van der Waals surface area contributed by atoms with Gasteiger partial charge in [-0.2, -0.15) is 0 Å². The van der Waals surface area contributed by atoms with Gasteiger partial charge in [0.1, 0.15) is 11.4 Å². The highest BCUT2D eigenvalue weighted by Gasteiger charge is 2.11. The fourth-order valence-corrected chi connectivity index (χ4v) is 2.50. The van der Waals surface area contributed by atoms with E-state index in [0.29, 0.717) is 33.1 Å². The normalized spacial score (nSPS) is 11.7. The summed E-state index contributed by atoms with van der Waals surface area (Å²) in [6, 6.07) is 8.88. The Kier molecular flexibility index (Phi) is 7.87. The van der Waals surface area contributed by atoms with Crippen LogP contribution in [-0.4, -0.2) is 28.7 Å². The highest BCUT2D eigenvalue weighted by molar-refractivity contribution is 7.27. The Bertz CT molecular complexity index is 715. The maximum absolute atomic E-state index is 10.1. The molecule has 2 rings (SSSR count). The van der Waals surface area contributed by atoms with Gasteiger partial charge in [-0.1, -0.05) is 31.5 Å². The van der Waals surface area contributed by atoms with Crippen LogP contribution in [-0.2, 0) is 0 Å². The van der Waals surface area contributed by atoms with Crippen molar-refractivity contribution in [1.82, 2.24) is 4.98 Å². The van der Waals surface area contributed by atoms with E-state index in [-0.39, 0.29) is 5.75 Å². The summed E-state index contributed by atoms with van der Waals surface area (Å²) in [4.78, 5) is 12.8. The van der Waals surface area contributed by atoms with E-state index in [1.807, 2.05) is 32.0 Å². The number of hydrogen-bond donors (Lipinski definition) is 1. The Balaban J connectivity index is 0.00000127. The summed E-state index contributed by atoms with van der Waals surface area (Å²) in [5.41, 5.74) is 1.86. The SMILES string of the molecule is CC.CN=C(N=C(C)c1cc(Cl)cc(P)c1O)c1ccccn1. The Morgan fingerprint density at radius 2 is 1.96 bits per heavy atom. The van der Waals surface area contributed by atoms with Crippen molar-refractivity contribution >= 4 is 37.7 Å². The van der Waals surface area contributed by atoms with Gasteiger partial charge in [-0.15, -0.1) is 9.24 Å². The summed E-state index contributed by atoms with van der Waals surface area (Å²) in [5.74, 6) is 0.639. The molecular formula is C17H21ClN3OP. The summed E-state index contributed by atoms with van der Waals surface area (Å²) in [5, 5.41) is 11.3. The first-order valence-corrected chi connectivity index (χ1v) is 8.20. The van der Waals surface area contributed by atoms with Crippen molar-refractivity contribution in [3.8, 4) is 5.75 Å². The Labute approximate surface area is 144 Å². The number of halogens is 1. The molecule has 1 aromatic heterocycles. The lowest BCUT2D eigenvalue weighted by Crippen LogP contribution is -2.07. The lowest BCUT2D eigenvalue weighted by Gasteiger charge is -2.08. The van der Waals surface area contributed by atoms with E-state index < -0.39 is 0 Å². The molecule has 1 aromatic carbocycles. The van der Waals surface area contributed by atoms with Gasteiger partial charge in [-0.25, -0.2) is 4.99 Å². The minimum atomic E-state index is 0.141. The zero-order valence-electron chi connectivity index (χ0n) is 13.7. The summed E-state index contributed by atoms with van der Waals surface area (Å²) < 4.78 is 0. The third-order valence-corrected chi connectivity index (χ3v) is 3.53. The van der Waals surface area contributed by atoms with Crippen LogP contribution in [0.5, 0.6) is 5.75 Å². The first-order valence-electron chi connectivity index (χ1n) is 7.24. The molecule has 122 valence electrons. The Morgan fingerprint density at radius 3 is 2.52 bits per heavy atom. The molecule has 4 nitrogen and oxygen atoms in total. The summed E-state index contributed by atoms with van der Waals surface area (Å²) >= 11 is 6.03. The molecule has 2 aromatic rings. The molecular weight excluding hydrogens is 329 g/mol. The van der Waals surface area contributed by atoms with Crippen molar-refractivity contribution < 1.29 is 5.11 Å². The van der Waals surface area contributed by atoms with E-state index in [2.05, 4.69) is 24.2 Å². The highest BCUT2D eigenvalue weighted by atomic mass is 35.5. The van der Waals surface area contributed by atoms with Crippen molar-refractivity contribution in [3.05, 3.63) is 52.8 Å². The number of aromatic hydroxyl groups is 1. The van der Waals surface area contributed by atoms with Crippen LogP contribution in [0.25, 0.3) is 0 Å². The number of benzene rings is 1. The molecule has 0 radical (unpaired) electrons. The molecule has 0 saturated carbocycles. The molecule has 0 spiro atoms. The summed E-state index contributed by atoms with van der Waals surface area (Å²) in [6.45, 7) is 5.80. The molecule has 0 saturated heterocycles. The van der Waals surface area contributed by atoms with Gasteiger partial charge in [0.25, 0.3) is 0 Å². The molecule has 0 aliphatic carbocycles. The molecule has 0 bridgehead atoms. The van der Waals surface area contributed by atoms with Crippen LogP contribution in [0.15, 0.2) is 46.5 Å². The summed E-state index contributed by atoms with van der Waals surface area (Å²) in [6.07, 6.45) is 1.68. The monoisotopic (exact) mass is 349 g/mol. The number of aliphatic imine (C=N–C) groups is 2. The number of hydrogen-bond acceptors (Lipinski definition) is 3. The second-order valence-electron chi connectivity index (χ2n) is 4.35. The quantitative estimate of drug-likeness (QED) is 0.508. The molecule has 23 heavy (non-hydrogen) atoms. The highest BCUT2D eigenvalue weighted by Crippen LogP contribution is 2.22. The molecule has 1 atom stereocenters. The van der Waals surface area contributed by atoms with Crippen LogP contribution in [0.2, 0.25) is 5.02 Å². The van der Waals surface area contributed by atoms with E-state index in [0.717, 1.165) is 0 Å². The van der Waals surface area contributed by atoms with Crippen molar-refractivity contribution in [1.29, 1.82) is 0 Å². The molecule has 1 heterocycles. The number of rotatable bonds is 2. The third kappa shape index (κ3) is 5.12. The third-order valence-electron chi connectivity index (χ3n) is 2.87. The lowest BCUT2D eigenvalue weighted by molar-refractivity contribution is 0.479. The van der Waals surface area contributed by atoms with E-state index in [4.69, 9.17) is 11.6 Å². The van der Waals surface area contributed by atoms with Crippen molar-refractivity contribution in [2.24, 2.45) is 9.98 Å². The number of amidine groups is 1. The van der Waals surface area contributed by atoms with Crippen molar-refractivity contribution in [2.75, 3.05) is 7.05 Å². The minimum absolute atomic E-state index is 0.141. The second-order valence-corrected chi connectivity index (χ2v) is 5.41. The van der Waals surface area contributed by atoms with Gasteiger partial charge in [-0.05, 0) is 31.2 Å². The van der Waals surface area contributed by atoms with Gasteiger partial charge in [0.15, 0.2) is 5.84 Å². The molecule has 1 unspecified atom stereocenters. The van der Waals surface area contributed by atoms with Crippen LogP contribution in [0.4, 0.5) is 0 Å². The van der Waals surface area contributed by atoms with E-state index in [1.54, 1.807) is 32.3 Å². The van der Waals surface area contributed by atoms with Gasteiger partial charge in [-0.3, -0.25) is 9.98 Å². The number of phenolic OH excluding ortho intramolecular Hbond substituents is 1. The average Bonchev–Trinajstić information content (AvgIpc) is 2.58. The number of phenols is 1. The van der Waals surface area contributed by atoms with Crippen molar-refractivity contribution in [3.63, 3.8) is 0 Å². The smallest absolute Gasteiger partial charge is 0.173 e. The predicted molar refractivity (Wildman–Crippen MR) is 103 cm³/mol.